The lowest BCUT2D eigenvalue weighted by atomic mass is 9.84. The Morgan fingerprint density at radius 2 is 1.37 bits per heavy atom. The number of hydrogen-bond donors (Lipinski definition) is 4. The highest BCUT2D eigenvalue weighted by Gasteiger charge is 2.50. The lowest BCUT2D eigenvalue weighted by Gasteiger charge is -2.45. The van der Waals surface area contributed by atoms with E-state index in [4.69, 9.17) is 31.6 Å². The van der Waals surface area contributed by atoms with Crippen LogP contribution in [-0.2, 0) is 9.47 Å². The van der Waals surface area contributed by atoms with Crippen LogP contribution in [0.15, 0.2) is 20.5 Å². The Bertz CT molecular complexity index is 804. The molecular weight excluding hydrogens is 408 g/mol. The fourth-order valence-electron chi connectivity index (χ4n) is 3.42. The van der Waals surface area contributed by atoms with Crippen LogP contribution >= 0.6 is 0 Å². The second kappa shape index (κ2) is 10.7. The summed E-state index contributed by atoms with van der Waals surface area (Å²) < 4.78 is 11.0. The van der Waals surface area contributed by atoms with Gasteiger partial charge in [-0.3, -0.25) is 0 Å². The standard InChI is InChI=1S/C12H18N12O6/c13-21-17-3-1-4(18-22-14)11(10(28)8(3)26)30-12-7(20-24-16)6(19-23-15)9(27)5(2-25)29-12/h3-12,25-28H,1-2H2/t3-,4?,5?,6?,7+,8?,9-,10?,11-,12-/m1/s1. The van der Waals surface area contributed by atoms with E-state index in [2.05, 4.69) is 40.1 Å². The monoisotopic (exact) mass is 426 g/mol. The van der Waals surface area contributed by atoms with Crippen molar-refractivity contribution >= 4 is 0 Å². The van der Waals surface area contributed by atoms with Crippen LogP contribution in [-0.4, -0.2) is 88.0 Å². The van der Waals surface area contributed by atoms with E-state index in [1.807, 2.05) is 0 Å². The molecule has 0 aromatic carbocycles. The molecule has 2 fully saturated rings. The normalized spacial score (nSPS) is 40.7. The van der Waals surface area contributed by atoms with Gasteiger partial charge < -0.3 is 29.9 Å². The van der Waals surface area contributed by atoms with Crippen LogP contribution in [0.4, 0.5) is 0 Å². The molecular formula is C12H18N12O6. The average molecular weight is 426 g/mol. The summed E-state index contributed by atoms with van der Waals surface area (Å²) in [5, 5.41) is 53.9. The summed E-state index contributed by atoms with van der Waals surface area (Å²) in [6.07, 6.45) is -9.27. The lowest BCUT2D eigenvalue weighted by molar-refractivity contribution is -0.277. The van der Waals surface area contributed by atoms with Crippen molar-refractivity contribution < 1.29 is 29.9 Å². The fraction of sp³-hybridized carbons (Fsp3) is 1.00. The van der Waals surface area contributed by atoms with Crippen LogP contribution in [0, 0.1) is 0 Å². The third kappa shape index (κ3) is 4.76. The Morgan fingerprint density at radius 1 is 0.800 bits per heavy atom. The minimum Gasteiger partial charge on any atom is -0.394 e. The van der Waals surface area contributed by atoms with Crippen molar-refractivity contribution in [3.05, 3.63) is 41.8 Å². The van der Waals surface area contributed by atoms with Crippen molar-refractivity contribution in [2.75, 3.05) is 6.61 Å². The molecule has 1 saturated heterocycles. The van der Waals surface area contributed by atoms with Gasteiger partial charge in [0.15, 0.2) is 6.29 Å². The summed E-state index contributed by atoms with van der Waals surface area (Å²) in [6, 6.07) is -5.05. The zero-order valence-corrected chi connectivity index (χ0v) is 15.2. The molecule has 4 N–H and O–H groups in total. The first-order valence-corrected chi connectivity index (χ1v) is 8.56. The molecule has 162 valence electrons. The molecule has 1 saturated carbocycles. The van der Waals surface area contributed by atoms with Crippen LogP contribution in [0.3, 0.4) is 0 Å². The van der Waals surface area contributed by atoms with E-state index in [1.54, 1.807) is 0 Å². The summed E-state index contributed by atoms with van der Waals surface area (Å²) in [4.78, 5) is 10.4. The van der Waals surface area contributed by atoms with E-state index in [1.165, 1.54) is 0 Å². The Labute approximate surface area is 167 Å². The second-order valence-electron chi connectivity index (χ2n) is 6.47. The van der Waals surface area contributed by atoms with Gasteiger partial charge in [-0.2, -0.15) is 0 Å². The second-order valence-corrected chi connectivity index (χ2v) is 6.47. The molecule has 0 spiro atoms. The van der Waals surface area contributed by atoms with Gasteiger partial charge in [0.05, 0.1) is 49.1 Å². The van der Waals surface area contributed by atoms with Crippen molar-refractivity contribution in [3.8, 4) is 0 Å². The van der Waals surface area contributed by atoms with E-state index in [-0.39, 0.29) is 6.42 Å². The molecule has 1 heterocycles. The molecule has 1 aliphatic heterocycles. The summed E-state index contributed by atoms with van der Waals surface area (Å²) in [5.74, 6) is 0. The fourth-order valence-corrected chi connectivity index (χ4v) is 3.42. The predicted octanol–water partition coefficient (Wildman–Crippen LogP) is 0.291. The smallest absolute Gasteiger partial charge is 0.167 e. The van der Waals surface area contributed by atoms with E-state index in [0.717, 1.165) is 0 Å². The van der Waals surface area contributed by atoms with E-state index in [0.29, 0.717) is 0 Å². The first-order chi connectivity index (χ1) is 14.4. The Hall–Kier alpha value is -3.00. The van der Waals surface area contributed by atoms with Gasteiger partial charge in [0.2, 0.25) is 0 Å². The number of aliphatic hydroxyl groups is 4. The molecule has 2 aliphatic rings. The molecule has 30 heavy (non-hydrogen) atoms. The Kier molecular flexibility index (Phi) is 8.29. The van der Waals surface area contributed by atoms with E-state index < -0.39 is 67.6 Å². The van der Waals surface area contributed by atoms with Gasteiger partial charge in [-0.1, -0.05) is 20.5 Å². The maximum absolute atomic E-state index is 10.4. The van der Waals surface area contributed by atoms with Gasteiger partial charge in [0.1, 0.15) is 12.2 Å². The van der Waals surface area contributed by atoms with Crippen LogP contribution in [0.1, 0.15) is 6.42 Å². The van der Waals surface area contributed by atoms with Gasteiger partial charge in [-0.05, 0) is 28.5 Å². The summed E-state index contributed by atoms with van der Waals surface area (Å²) in [7, 11) is 0. The molecule has 1 aliphatic carbocycles. The maximum Gasteiger partial charge on any atom is 0.167 e. The van der Waals surface area contributed by atoms with Crippen molar-refractivity contribution in [2.45, 2.75) is 67.4 Å². The summed E-state index contributed by atoms with van der Waals surface area (Å²) >= 11 is 0. The summed E-state index contributed by atoms with van der Waals surface area (Å²) in [5.41, 5.74) is 35.0. The van der Waals surface area contributed by atoms with Crippen molar-refractivity contribution in [3.63, 3.8) is 0 Å². The molecule has 18 nitrogen and oxygen atoms in total. The number of ether oxygens (including phenoxy) is 2. The molecule has 0 radical (unpaired) electrons. The molecule has 0 amide bonds. The lowest BCUT2D eigenvalue weighted by Crippen LogP contribution is -2.62. The van der Waals surface area contributed by atoms with Gasteiger partial charge in [0.25, 0.3) is 0 Å². The minimum absolute atomic E-state index is 0.179. The predicted molar refractivity (Wildman–Crippen MR) is 95.0 cm³/mol. The third-order valence-electron chi connectivity index (χ3n) is 4.85. The number of aliphatic hydroxyl groups excluding tert-OH is 4. The minimum atomic E-state index is -1.71. The van der Waals surface area contributed by atoms with Crippen LogP contribution in [0.2, 0.25) is 0 Å². The third-order valence-corrected chi connectivity index (χ3v) is 4.85. The largest absolute Gasteiger partial charge is 0.394 e. The molecule has 0 aromatic rings. The highest BCUT2D eigenvalue weighted by molar-refractivity contribution is 5.03. The zero-order chi connectivity index (χ0) is 22.3. The highest BCUT2D eigenvalue weighted by atomic mass is 16.7. The number of nitrogens with zero attached hydrogens (tertiary/aromatic N) is 12. The van der Waals surface area contributed by atoms with Gasteiger partial charge in [0, 0.05) is 19.6 Å². The number of hydrogen-bond acceptors (Lipinski definition) is 10. The van der Waals surface area contributed by atoms with Crippen LogP contribution in [0.5, 0.6) is 0 Å². The SMILES string of the molecule is [N-]=[N+]=NC1C[C@@H](N=[N+]=[N-])C(O)C(O)[C@@H]1O[C@H]1OC(CO)[C@@H](O)C(N=[N+]=[N-])[C@@H]1N=[N+]=[N-]. The molecule has 2 rings (SSSR count). The number of azide groups is 4. The van der Waals surface area contributed by atoms with Crippen LogP contribution < -0.4 is 0 Å². The van der Waals surface area contributed by atoms with Gasteiger partial charge >= 0.3 is 0 Å². The molecule has 5 unspecified atom stereocenters. The molecule has 0 bridgehead atoms. The average Bonchev–Trinajstić information content (AvgIpc) is 2.73. The van der Waals surface area contributed by atoms with Gasteiger partial charge in [-0.15, -0.1) is 0 Å². The van der Waals surface area contributed by atoms with E-state index >= 15 is 0 Å². The van der Waals surface area contributed by atoms with Crippen molar-refractivity contribution in [1.82, 2.24) is 0 Å². The zero-order valence-electron chi connectivity index (χ0n) is 15.2. The topological polar surface area (TPSA) is 294 Å². The van der Waals surface area contributed by atoms with Crippen molar-refractivity contribution in [1.29, 1.82) is 0 Å². The highest BCUT2D eigenvalue weighted by Crippen LogP contribution is 2.33. The molecule has 18 heteroatoms. The Balaban J connectivity index is 2.39. The number of rotatable bonds is 7. The Morgan fingerprint density at radius 3 is 1.93 bits per heavy atom. The van der Waals surface area contributed by atoms with E-state index in [9.17, 15) is 20.4 Å². The molecule has 0 aromatic heterocycles. The summed E-state index contributed by atoms with van der Waals surface area (Å²) in [6.45, 7) is -0.712. The van der Waals surface area contributed by atoms with Gasteiger partial charge in [-0.25, -0.2) is 0 Å². The first kappa shape index (κ1) is 23.3. The quantitative estimate of drug-likeness (QED) is 0.251. The maximum atomic E-state index is 10.4. The first-order valence-electron chi connectivity index (χ1n) is 8.56. The molecule has 10 atom stereocenters. The van der Waals surface area contributed by atoms with Crippen LogP contribution in [0.25, 0.3) is 41.8 Å². The van der Waals surface area contributed by atoms with Crippen molar-refractivity contribution in [2.24, 2.45) is 20.5 Å².